The lowest BCUT2D eigenvalue weighted by molar-refractivity contribution is 0.0774. The third kappa shape index (κ3) is 3.10. The average molecular weight is 346 g/mol. The summed E-state index contributed by atoms with van der Waals surface area (Å²) in [6, 6.07) is 16.1. The van der Waals surface area contributed by atoms with Crippen LogP contribution in [0, 0.1) is 12.7 Å². The first-order valence-electron chi connectivity index (χ1n) is 8.72. The molecule has 1 aromatic heterocycles. The quantitative estimate of drug-likeness (QED) is 0.679. The Bertz CT molecular complexity index is 1010. The molecule has 3 nitrogen and oxygen atoms in total. The van der Waals surface area contributed by atoms with Crippen LogP contribution in [0.1, 0.15) is 28.0 Å². The molecule has 0 unspecified atom stereocenters. The Morgan fingerprint density at radius 2 is 1.88 bits per heavy atom. The van der Waals surface area contributed by atoms with Gasteiger partial charge in [0.25, 0.3) is 5.91 Å². The van der Waals surface area contributed by atoms with E-state index in [1.807, 2.05) is 42.2 Å². The highest BCUT2D eigenvalue weighted by Crippen LogP contribution is 2.25. The maximum absolute atomic E-state index is 13.1. The van der Waals surface area contributed by atoms with Crippen molar-refractivity contribution in [2.45, 2.75) is 13.3 Å². The van der Waals surface area contributed by atoms with Gasteiger partial charge in [-0.2, -0.15) is 0 Å². The number of amides is 1. The molecule has 0 aliphatic carbocycles. The molecule has 1 aliphatic heterocycles. The molecule has 130 valence electrons. The molecule has 2 heterocycles. The summed E-state index contributed by atoms with van der Waals surface area (Å²) in [5, 5.41) is 0.886. The minimum Gasteiger partial charge on any atom is -0.335 e. The zero-order chi connectivity index (χ0) is 18.1. The van der Waals surface area contributed by atoms with Gasteiger partial charge in [0.1, 0.15) is 5.82 Å². The van der Waals surface area contributed by atoms with Crippen LogP contribution in [0.15, 0.2) is 60.7 Å². The van der Waals surface area contributed by atoms with Gasteiger partial charge >= 0.3 is 0 Å². The zero-order valence-electron chi connectivity index (χ0n) is 14.6. The number of aryl methyl sites for hydroxylation is 1. The van der Waals surface area contributed by atoms with Crippen LogP contribution >= 0.6 is 0 Å². The van der Waals surface area contributed by atoms with Gasteiger partial charge in [-0.1, -0.05) is 36.4 Å². The normalized spacial score (nSPS) is 14.4. The van der Waals surface area contributed by atoms with Crippen LogP contribution in [0.25, 0.3) is 16.5 Å². The molecule has 0 radical (unpaired) electrons. The summed E-state index contributed by atoms with van der Waals surface area (Å²) in [7, 11) is 0. The minimum absolute atomic E-state index is 0.0288. The van der Waals surface area contributed by atoms with Gasteiger partial charge in [-0.15, -0.1) is 0 Å². The van der Waals surface area contributed by atoms with E-state index in [0.717, 1.165) is 34.2 Å². The zero-order valence-corrected chi connectivity index (χ0v) is 14.6. The molecule has 4 rings (SSSR count). The molecule has 1 aliphatic rings. The average Bonchev–Trinajstić information content (AvgIpc) is 2.67. The largest absolute Gasteiger partial charge is 0.335 e. The van der Waals surface area contributed by atoms with Gasteiger partial charge in [0.05, 0.1) is 11.1 Å². The Labute approximate surface area is 151 Å². The fourth-order valence-electron chi connectivity index (χ4n) is 3.43. The van der Waals surface area contributed by atoms with E-state index in [-0.39, 0.29) is 11.7 Å². The summed E-state index contributed by atoms with van der Waals surface area (Å²) in [4.78, 5) is 19.4. The van der Waals surface area contributed by atoms with Gasteiger partial charge in [0.15, 0.2) is 0 Å². The van der Waals surface area contributed by atoms with Crippen LogP contribution < -0.4 is 0 Å². The van der Waals surface area contributed by atoms with Gasteiger partial charge in [-0.25, -0.2) is 4.39 Å². The molecule has 1 amide bonds. The second-order valence-electron chi connectivity index (χ2n) is 6.57. The second kappa shape index (κ2) is 6.71. The minimum atomic E-state index is -0.234. The number of benzene rings is 2. The van der Waals surface area contributed by atoms with E-state index in [1.165, 1.54) is 12.1 Å². The third-order valence-electron chi connectivity index (χ3n) is 4.79. The number of rotatable bonds is 2. The van der Waals surface area contributed by atoms with Crippen molar-refractivity contribution in [3.63, 3.8) is 0 Å². The lowest BCUT2D eigenvalue weighted by Crippen LogP contribution is -2.34. The lowest BCUT2D eigenvalue weighted by Gasteiger charge is -2.27. The molecular formula is C22H19FN2O. The molecule has 0 saturated carbocycles. The van der Waals surface area contributed by atoms with Crippen LogP contribution in [-0.4, -0.2) is 28.9 Å². The molecule has 0 atom stereocenters. The van der Waals surface area contributed by atoms with E-state index in [4.69, 9.17) is 0 Å². The summed E-state index contributed by atoms with van der Waals surface area (Å²) in [5.41, 5.74) is 4.56. The van der Waals surface area contributed by atoms with E-state index >= 15 is 0 Å². The first-order valence-corrected chi connectivity index (χ1v) is 8.72. The summed E-state index contributed by atoms with van der Waals surface area (Å²) in [5.74, 6) is -0.206. The molecule has 0 saturated heterocycles. The highest BCUT2D eigenvalue weighted by molar-refractivity contribution is 6.06. The van der Waals surface area contributed by atoms with Crippen molar-refractivity contribution >= 4 is 22.4 Å². The van der Waals surface area contributed by atoms with Crippen molar-refractivity contribution in [1.29, 1.82) is 0 Å². The number of pyridine rings is 1. The number of carbonyl (C=O) groups is 1. The number of carbonyl (C=O) groups excluding carboxylic acids is 1. The fourth-order valence-corrected chi connectivity index (χ4v) is 3.43. The number of hydrogen-bond donors (Lipinski definition) is 0. The maximum atomic E-state index is 13.1. The van der Waals surface area contributed by atoms with Crippen LogP contribution in [0.5, 0.6) is 0 Å². The monoisotopic (exact) mass is 346 g/mol. The standard InChI is InChI=1S/C22H19FN2O/c1-15-14-20(19-4-2-3-5-21(19)24-15)22(26)25-12-10-17(11-13-25)16-6-8-18(23)9-7-16/h2-10,14H,11-13H2,1H3. The van der Waals surface area contributed by atoms with Crippen molar-refractivity contribution in [2.75, 3.05) is 13.1 Å². The number of aromatic nitrogens is 1. The molecule has 0 N–H and O–H groups in total. The summed E-state index contributed by atoms with van der Waals surface area (Å²) in [6.45, 7) is 3.12. The first kappa shape index (κ1) is 16.5. The van der Waals surface area contributed by atoms with Crippen molar-refractivity contribution in [3.8, 4) is 0 Å². The number of nitrogens with zero attached hydrogens (tertiary/aromatic N) is 2. The van der Waals surface area contributed by atoms with Gasteiger partial charge in [0, 0.05) is 24.2 Å². The van der Waals surface area contributed by atoms with E-state index in [9.17, 15) is 9.18 Å². The van der Waals surface area contributed by atoms with Crippen LogP contribution in [0.4, 0.5) is 4.39 Å². The van der Waals surface area contributed by atoms with Gasteiger partial charge in [-0.05, 0) is 48.7 Å². The lowest BCUT2D eigenvalue weighted by atomic mass is 9.98. The predicted octanol–water partition coefficient (Wildman–Crippen LogP) is 4.61. The highest BCUT2D eigenvalue weighted by atomic mass is 19.1. The smallest absolute Gasteiger partial charge is 0.254 e. The SMILES string of the molecule is Cc1cc(C(=O)N2CC=C(c3ccc(F)cc3)CC2)c2ccccc2n1. The molecule has 0 spiro atoms. The Morgan fingerprint density at radius 1 is 1.12 bits per heavy atom. The van der Waals surface area contributed by atoms with Crippen LogP contribution in [0.2, 0.25) is 0 Å². The fraction of sp³-hybridized carbons (Fsp3) is 0.182. The highest BCUT2D eigenvalue weighted by Gasteiger charge is 2.21. The Morgan fingerprint density at radius 3 is 2.62 bits per heavy atom. The van der Waals surface area contributed by atoms with E-state index in [0.29, 0.717) is 18.7 Å². The van der Waals surface area contributed by atoms with Gasteiger partial charge in [-0.3, -0.25) is 9.78 Å². The molecule has 0 bridgehead atoms. The topological polar surface area (TPSA) is 33.2 Å². The van der Waals surface area contributed by atoms with E-state index in [1.54, 1.807) is 12.1 Å². The maximum Gasteiger partial charge on any atom is 0.254 e. The van der Waals surface area contributed by atoms with E-state index in [2.05, 4.69) is 11.1 Å². The number of hydrogen-bond acceptors (Lipinski definition) is 2. The Kier molecular flexibility index (Phi) is 4.25. The Balaban J connectivity index is 1.60. The van der Waals surface area contributed by atoms with Crippen LogP contribution in [0.3, 0.4) is 0 Å². The molecule has 3 aromatic rings. The Hall–Kier alpha value is -3.01. The molecule has 26 heavy (non-hydrogen) atoms. The molecular weight excluding hydrogens is 327 g/mol. The van der Waals surface area contributed by atoms with Gasteiger partial charge in [0.2, 0.25) is 0 Å². The van der Waals surface area contributed by atoms with Crippen molar-refractivity contribution in [3.05, 3.63) is 83.3 Å². The first-order chi connectivity index (χ1) is 12.6. The molecule has 0 fully saturated rings. The van der Waals surface area contributed by atoms with E-state index < -0.39 is 0 Å². The summed E-state index contributed by atoms with van der Waals surface area (Å²) < 4.78 is 13.1. The number of fused-ring (bicyclic) bond motifs is 1. The summed E-state index contributed by atoms with van der Waals surface area (Å²) >= 11 is 0. The second-order valence-corrected chi connectivity index (χ2v) is 6.57. The summed E-state index contributed by atoms with van der Waals surface area (Å²) in [6.07, 6.45) is 2.82. The van der Waals surface area contributed by atoms with Crippen molar-refractivity contribution in [2.24, 2.45) is 0 Å². The van der Waals surface area contributed by atoms with Crippen molar-refractivity contribution < 1.29 is 9.18 Å². The number of halogens is 1. The molecule has 4 heteroatoms. The molecule has 2 aromatic carbocycles. The third-order valence-corrected chi connectivity index (χ3v) is 4.79. The van der Waals surface area contributed by atoms with Crippen LogP contribution in [-0.2, 0) is 0 Å². The predicted molar refractivity (Wildman–Crippen MR) is 101 cm³/mol. The number of para-hydroxylation sites is 1. The van der Waals surface area contributed by atoms with Gasteiger partial charge < -0.3 is 4.90 Å². The van der Waals surface area contributed by atoms with Crippen molar-refractivity contribution in [1.82, 2.24) is 9.88 Å².